The summed E-state index contributed by atoms with van der Waals surface area (Å²) < 4.78 is 1.68. The molecule has 166 valence electrons. The van der Waals surface area contributed by atoms with Crippen LogP contribution in [0.15, 0.2) is 71.9 Å². The number of fused-ring (bicyclic) bond motifs is 1. The van der Waals surface area contributed by atoms with E-state index in [9.17, 15) is 14.4 Å². The zero-order valence-electron chi connectivity index (χ0n) is 18.9. The molecule has 1 N–H and O–H groups in total. The van der Waals surface area contributed by atoms with Gasteiger partial charge in [0.1, 0.15) is 6.54 Å². The summed E-state index contributed by atoms with van der Waals surface area (Å²) in [4.78, 5) is 43.3. The van der Waals surface area contributed by atoms with Gasteiger partial charge in [0.25, 0.3) is 0 Å². The number of anilines is 1. The summed E-state index contributed by atoms with van der Waals surface area (Å²) in [6, 6.07) is 14.5. The summed E-state index contributed by atoms with van der Waals surface area (Å²) in [5.74, 6) is -0.630. The monoisotopic (exact) mass is 439 g/mol. The smallest absolute Gasteiger partial charge is 0.244 e. The average molecular weight is 440 g/mol. The molecule has 4 aromatic rings. The number of pyridine rings is 2. The number of aromatic nitrogens is 2. The fraction of sp³-hybridized carbons (Fsp3) is 0.185. The number of amides is 1. The van der Waals surface area contributed by atoms with Crippen LogP contribution in [0.4, 0.5) is 5.69 Å². The van der Waals surface area contributed by atoms with Crippen LogP contribution in [0.25, 0.3) is 10.9 Å². The van der Waals surface area contributed by atoms with E-state index >= 15 is 0 Å². The number of nitrogens with one attached hydrogen (secondary N) is 1. The van der Waals surface area contributed by atoms with Crippen LogP contribution in [0, 0.1) is 13.8 Å². The topological polar surface area (TPSA) is 81.1 Å². The summed E-state index contributed by atoms with van der Waals surface area (Å²) >= 11 is 0. The Bertz CT molecular complexity index is 1420. The van der Waals surface area contributed by atoms with E-state index in [4.69, 9.17) is 0 Å². The molecule has 4 rings (SSSR count). The molecule has 0 saturated heterocycles. The second kappa shape index (κ2) is 9.20. The first-order chi connectivity index (χ1) is 15.9. The number of para-hydroxylation sites is 1. The number of ketones is 1. The molecule has 2 aromatic heterocycles. The molecule has 2 aromatic carbocycles. The summed E-state index contributed by atoms with van der Waals surface area (Å²) in [5, 5.41) is 3.38. The van der Waals surface area contributed by atoms with Crippen molar-refractivity contribution >= 4 is 28.3 Å². The van der Waals surface area contributed by atoms with Gasteiger partial charge < -0.3 is 9.88 Å². The summed E-state index contributed by atoms with van der Waals surface area (Å²) in [6.45, 7) is 5.87. The van der Waals surface area contributed by atoms with E-state index in [1.165, 1.54) is 18.6 Å². The average Bonchev–Trinajstić information content (AvgIpc) is 2.82. The van der Waals surface area contributed by atoms with Crippen LogP contribution in [0.5, 0.6) is 0 Å². The Morgan fingerprint density at radius 2 is 1.70 bits per heavy atom. The lowest BCUT2D eigenvalue weighted by Gasteiger charge is -2.16. The van der Waals surface area contributed by atoms with Crippen molar-refractivity contribution in [3.05, 3.63) is 105 Å². The van der Waals surface area contributed by atoms with E-state index in [-0.39, 0.29) is 23.4 Å². The van der Waals surface area contributed by atoms with Gasteiger partial charge in [0.15, 0.2) is 5.78 Å². The highest BCUT2D eigenvalue weighted by Gasteiger charge is 2.19. The molecule has 0 fully saturated rings. The minimum absolute atomic E-state index is 0.0266. The van der Waals surface area contributed by atoms with Crippen molar-refractivity contribution in [3.63, 3.8) is 0 Å². The minimum Gasteiger partial charge on any atom is -0.337 e. The zero-order chi connectivity index (χ0) is 23.5. The molecule has 0 radical (unpaired) electrons. The molecule has 2 heterocycles. The molecule has 0 bridgehead atoms. The molecule has 0 aliphatic heterocycles. The van der Waals surface area contributed by atoms with Gasteiger partial charge in [-0.05, 0) is 67.3 Å². The van der Waals surface area contributed by atoms with Crippen LogP contribution in [0.3, 0.4) is 0 Å². The highest BCUT2D eigenvalue weighted by atomic mass is 16.2. The number of carbonyl (C=O) groups is 2. The van der Waals surface area contributed by atoms with Crippen LogP contribution in [0.2, 0.25) is 0 Å². The molecule has 0 aliphatic carbocycles. The van der Waals surface area contributed by atoms with Crippen molar-refractivity contribution in [1.29, 1.82) is 0 Å². The van der Waals surface area contributed by atoms with Gasteiger partial charge in [-0.3, -0.25) is 19.4 Å². The van der Waals surface area contributed by atoms with Crippen molar-refractivity contribution in [1.82, 2.24) is 9.55 Å². The summed E-state index contributed by atoms with van der Waals surface area (Å²) in [5.41, 5.74) is 4.42. The first-order valence-corrected chi connectivity index (χ1v) is 10.9. The molecule has 0 unspecified atom stereocenters. The van der Waals surface area contributed by atoms with Crippen LogP contribution in [0.1, 0.15) is 39.5 Å². The molecular weight excluding hydrogens is 414 g/mol. The first-order valence-electron chi connectivity index (χ1n) is 10.9. The number of rotatable bonds is 6. The van der Waals surface area contributed by atoms with Crippen LogP contribution >= 0.6 is 0 Å². The summed E-state index contributed by atoms with van der Waals surface area (Å²) in [6.07, 6.45) is 5.31. The lowest BCUT2D eigenvalue weighted by molar-refractivity contribution is -0.116. The molecule has 0 spiro atoms. The van der Waals surface area contributed by atoms with Crippen LogP contribution in [-0.2, 0) is 17.8 Å². The Morgan fingerprint density at radius 3 is 2.42 bits per heavy atom. The third-order valence-electron chi connectivity index (χ3n) is 5.87. The fourth-order valence-corrected chi connectivity index (χ4v) is 3.90. The van der Waals surface area contributed by atoms with Crippen molar-refractivity contribution in [2.24, 2.45) is 0 Å². The van der Waals surface area contributed by atoms with Gasteiger partial charge >= 0.3 is 0 Å². The molecule has 0 atom stereocenters. The van der Waals surface area contributed by atoms with E-state index in [0.29, 0.717) is 16.5 Å². The number of aryl methyl sites for hydroxylation is 3. The number of hydrogen-bond donors (Lipinski definition) is 1. The molecule has 33 heavy (non-hydrogen) atoms. The lowest BCUT2D eigenvalue weighted by atomic mass is 10.0. The molecule has 0 aliphatic rings. The van der Waals surface area contributed by atoms with E-state index in [2.05, 4.69) is 10.3 Å². The largest absolute Gasteiger partial charge is 0.337 e. The molecule has 0 saturated carbocycles. The summed E-state index contributed by atoms with van der Waals surface area (Å²) in [7, 11) is 0. The maximum Gasteiger partial charge on any atom is 0.244 e. The second-order valence-electron chi connectivity index (χ2n) is 8.08. The van der Waals surface area contributed by atoms with Crippen molar-refractivity contribution < 1.29 is 9.59 Å². The Balaban J connectivity index is 1.80. The molecule has 6 nitrogen and oxygen atoms in total. The van der Waals surface area contributed by atoms with Crippen molar-refractivity contribution in [2.45, 2.75) is 33.7 Å². The number of carbonyl (C=O) groups excluding carboxylic acids is 2. The van der Waals surface area contributed by atoms with E-state index in [1.54, 1.807) is 22.8 Å². The van der Waals surface area contributed by atoms with E-state index in [1.807, 2.05) is 51.1 Å². The normalized spacial score (nSPS) is 10.9. The Labute approximate surface area is 191 Å². The molecular formula is C27H25N3O3. The number of benzene rings is 2. The highest BCUT2D eigenvalue weighted by Crippen LogP contribution is 2.20. The van der Waals surface area contributed by atoms with E-state index in [0.717, 1.165) is 28.8 Å². The van der Waals surface area contributed by atoms with Gasteiger partial charge in [0.05, 0.1) is 11.1 Å². The van der Waals surface area contributed by atoms with Gasteiger partial charge in [-0.15, -0.1) is 0 Å². The quantitative estimate of drug-likeness (QED) is 0.450. The van der Waals surface area contributed by atoms with Crippen molar-refractivity contribution in [3.8, 4) is 0 Å². The standard InChI is InChI=1S/C27H25N3O3/c1-4-19-7-5-6-8-23(19)29-25(31)16-30-15-22(26(32)20-9-11-28-12-10-20)27(33)21-13-17(2)18(3)14-24(21)30/h5-15H,4,16H2,1-3H3,(H,29,31). The Morgan fingerprint density at radius 1 is 1.00 bits per heavy atom. The lowest BCUT2D eigenvalue weighted by Crippen LogP contribution is -2.24. The number of nitrogens with zero attached hydrogens (tertiary/aromatic N) is 2. The third-order valence-corrected chi connectivity index (χ3v) is 5.87. The molecule has 1 amide bonds. The van der Waals surface area contributed by atoms with E-state index < -0.39 is 5.78 Å². The van der Waals surface area contributed by atoms with Gasteiger partial charge in [0, 0.05) is 35.2 Å². The van der Waals surface area contributed by atoms with Gasteiger partial charge in [0.2, 0.25) is 11.3 Å². The predicted octanol–water partition coefficient (Wildman–Crippen LogP) is 4.45. The van der Waals surface area contributed by atoms with Gasteiger partial charge in [-0.25, -0.2) is 0 Å². The second-order valence-corrected chi connectivity index (χ2v) is 8.08. The zero-order valence-corrected chi connectivity index (χ0v) is 18.9. The fourth-order valence-electron chi connectivity index (χ4n) is 3.90. The Kier molecular flexibility index (Phi) is 6.18. The number of hydrogen-bond acceptors (Lipinski definition) is 4. The Hall–Kier alpha value is -4.06. The van der Waals surface area contributed by atoms with Crippen LogP contribution < -0.4 is 10.7 Å². The van der Waals surface area contributed by atoms with Crippen molar-refractivity contribution in [2.75, 3.05) is 5.32 Å². The first kappa shape index (κ1) is 22.1. The SMILES string of the molecule is CCc1ccccc1NC(=O)Cn1cc(C(=O)c2ccncc2)c(=O)c2cc(C)c(C)cc21. The maximum atomic E-state index is 13.3. The van der Waals surface area contributed by atoms with Gasteiger partial charge in [-0.1, -0.05) is 25.1 Å². The van der Waals surface area contributed by atoms with Crippen LogP contribution in [-0.4, -0.2) is 21.2 Å². The molecule has 6 heteroatoms. The maximum absolute atomic E-state index is 13.3. The third kappa shape index (κ3) is 4.46. The highest BCUT2D eigenvalue weighted by molar-refractivity contribution is 6.10. The van der Waals surface area contributed by atoms with Gasteiger partial charge in [-0.2, -0.15) is 0 Å². The minimum atomic E-state index is -0.395. The predicted molar refractivity (Wildman–Crippen MR) is 130 cm³/mol.